The monoisotopic (exact) mass is 198 g/mol. The minimum absolute atomic E-state index is 0.550. The van der Waals surface area contributed by atoms with Crippen LogP contribution in [0.25, 0.3) is 0 Å². The van der Waals surface area contributed by atoms with E-state index in [0.717, 1.165) is 5.92 Å². The molecule has 0 aromatic rings. The Bertz CT molecular complexity index is 160. The highest BCUT2D eigenvalue weighted by Gasteiger charge is 2.27. The zero-order valence-corrected chi connectivity index (χ0v) is 10.3. The first-order valence-electron chi connectivity index (χ1n) is 5.91. The summed E-state index contributed by atoms with van der Waals surface area (Å²) in [4.78, 5) is 2.50. The highest BCUT2D eigenvalue weighted by atomic mass is 15.1. The third kappa shape index (κ3) is 3.97. The van der Waals surface area contributed by atoms with Gasteiger partial charge in [0.25, 0.3) is 0 Å². The molecule has 1 saturated heterocycles. The van der Waals surface area contributed by atoms with Gasteiger partial charge in [-0.2, -0.15) is 0 Å². The van der Waals surface area contributed by atoms with Crippen LogP contribution >= 0.6 is 0 Å². The van der Waals surface area contributed by atoms with Gasteiger partial charge < -0.3 is 10.2 Å². The first kappa shape index (κ1) is 12.0. The molecule has 1 rings (SSSR count). The van der Waals surface area contributed by atoms with Crippen molar-refractivity contribution in [1.29, 1.82) is 0 Å². The summed E-state index contributed by atoms with van der Waals surface area (Å²) >= 11 is 0. The van der Waals surface area contributed by atoms with Crippen LogP contribution in [0.4, 0.5) is 0 Å². The molecule has 0 amide bonds. The highest BCUT2D eigenvalue weighted by molar-refractivity contribution is 4.83. The molecule has 2 heteroatoms. The van der Waals surface area contributed by atoms with Crippen LogP contribution in [-0.4, -0.2) is 38.1 Å². The molecule has 1 heterocycles. The number of piperidine rings is 1. The maximum atomic E-state index is 3.44. The molecule has 1 fully saturated rings. The van der Waals surface area contributed by atoms with E-state index in [9.17, 15) is 0 Å². The van der Waals surface area contributed by atoms with E-state index in [0.29, 0.717) is 5.41 Å². The van der Waals surface area contributed by atoms with E-state index in [1.807, 2.05) is 0 Å². The Morgan fingerprint density at radius 3 is 2.36 bits per heavy atom. The lowest BCUT2D eigenvalue weighted by Crippen LogP contribution is -2.42. The third-order valence-electron chi connectivity index (χ3n) is 3.14. The Kier molecular flexibility index (Phi) is 4.39. The minimum atomic E-state index is 0.550. The second-order valence-corrected chi connectivity index (χ2v) is 5.65. The van der Waals surface area contributed by atoms with Crippen molar-refractivity contribution in [2.24, 2.45) is 11.3 Å². The Morgan fingerprint density at radius 2 is 1.86 bits per heavy atom. The number of rotatable bonds is 4. The van der Waals surface area contributed by atoms with Gasteiger partial charge in [0.15, 0.2) is 0 Å². The molecule has 0 aliphatic carbocycles. The van der Waals surface area contributed by atoms with Gasteiger partial charge in [0.05, 0.1) is 0 Å². The minimum Gasteiger partial charge on any atom is -0.317 e. The fourth-order valence-electron chi connectivity index (χ4n) is 2.53. The summed E-state index contributed by atoms with van der Waals surface area (Å²) in [5, 5.41) is 3.44. The number of nitrogens with zero attached hydrogens (tertiary/aromatic N) is 1. The fraction of sp³-hybridized carbons (Fsp3) is 1.00. The lowest BCUT2D eigenvalue weighted by Gasteiger charge is -2.37. The van der Waals surface area contributed by atoms with E-state index in [4.69, 9.17) is 0 Å². The van der Waals surface area contributed by atoms with Crippen molar-refractivity contribution in [2.75, 3.05) is 33.2 Å². The largest absolute Gasteiger partial charge is 0.317 e. The molecule has 0 bridgehead atoms. The van der Waals surface area contributed by atoms with Gasteiger partial charge in [0, 0.05) is 13.1 Å². The molecule has 0 unspecified atom stereocenters. The van der Waals surface area contributed by atoms with Crippen molar-refractivity contribution >= 4 is 0 Å². The lowest BCUT2D eigenvalue weighted by atomic mass is 9.80. The topological polar surface area (TPSA) is 15.3 Å². The zero-order chi connectivity index (χ0) is 10.6. The van der Waals surface area contributed by atoms with Crippen LogP contribution in [0.15, 0.2) is 0 Å². The average Bonchev–Trinajstić information content (AvgIpc) is 2.02. The predicted octanol–water partition coefficient (Wildman–Crippen LogP) is 1.96. The molecular formula is C12H26N2. The molecule has 1 aliphatic rings. The van der Waals surface area contributed by atoms with Crippen LogP contribution in [-0.2, 0) is 0 Å². The molecule has 0 spiro atoms. The number of nitrogens with one attached hydrogen (secondary N) is 1. The molecule has 0 atom stereocenters. The SMILES string of the molecule is CC(C)CN(C)CC1(C)CCNCC1. The molecule has 2 nitrogen and oxygen atoms in total. The molecule has 0 saturated carbocycles. The van der Waals surface area contributed by atoms with Gasteiger partial charge in [-0.25, -0.2) is 0 Å². The van der Waals surface area contributed by atoms with Crippen LogP contribution in [0.2, 0.25) is 0 Å². The third-order valence-corrected chi connectivity index (χ3v) is 3.14. The van der Waals surface area contributed by atoms with Crippen LogP contribution in [0.3, 0.4) is 0 Å². The summed E-state index contributed by atoms with van der Waals surface area (Å²) in [6, 6.07) is 0. The summed E-state index contributed by atoms with van der Waals surface area (Å²) in [6.45, 7) is 11.9. The number of hydrogen-bond acceptors (Lipinski definition) is 2. The normalized spacial score (nSPS) is 21.9. The van der Waals surface area contributed by atoms with Crippen LogP contribution in [0.5, 0.6) is 0 Å². The summed E-state index contributed by atoms with van der Waals surface area (Å²) in [6.07, 6.45) is 2.66. The summed E-state index contributed by atoms with van der Waals surface area (Å²) in [5.74, 6) is 0.783. The number of hydrogen-bond donors (Lipinski definition) is 1. The zero-order valence-electron chi connectivity index (χ0n) is 10.3. The second kappa shape index (κ2) is 5.13. The van der Waals surface area contributed by atoms with Gasteiger partial charge in [-0.05, 0) is 44.3 Å². The van der Waals surface area contributed by atoms with Crippen molar-refractivity contribution in [2.45, 2.75) is 33.6 Å². The van der Waals surface area contributed by atoms with E-state index in [1.165, 1.54) is 39.0 Å². The van der Waals surface area contributed by atoms with Crippen LogP contribution in [0.1, 0.15) is 33.6 Å². The smallest absolute Gasteiger partial charge is 0.00333 e. The van der Waals surface area contributed by atoms with E-state index >= 15 is 0 Å². The highest BCUT2D eigenvalue weighted by Crippen LogP contribution is 2.28. The first-order valence-corrected chi connectivity index (χ1v) is 5.91. The Hall–Kier alpha value is -0.0800. The Balaban J connectivity index is 2.33. The van der Waals surface area contributed by atoms with Crippen LogP contribution < -0.4 is 5.32 Å². The maximum absolute atomic E-state index is 3.44. The lowest BCUT2D eigenvalue weighted by molar-refractivity contribution is 0.139. The molecule has 0 aromatic heterocycles. The van der Waals surface area contributed by atoms with Gasteiger partial charge in [-0.1, -0.05) is 20.8 Å². The van der Waals surface area contributed by atoms with Gasteiger partial charge in [-0.3, -0.25) is 0 Å². The maximum Gasteiger partial charge on any atom is 0.00333 e. The fourth-order valence-corrected chi connectivity index (χ4v) is 2.53. The summed E-state index contributed by atoms with van der Waals surface area (Å²) in [7, 11) is 2.26. The van der Waals surface area contributed by atoms with Crippen molar-refractivity contribution in [1.82, 2.24) is 10.2 Å². The van der Waals surface area contributed by atoms with Gasteiger partial charge in [0.2, 0.25) is 0 Å². The van der Waals surface area contributed by atoms with Crippen molar-refractivity contribution < 1.29 is 0 Å². The quantitative estimate of drug-likeness (QED) is 0.743. The molecular weight excluding hydrogens is 172 g/mol. The Morgan fingerprint density at radius 1 is 1.29 bits per heavy atom. The Labute approximate surface area is 89.1 Å². The van der Waals surface area contributed by atoms with Gasteiger partial charge >= 0.3 is 0 Å². The molecule has 84 valence electrons. The molecule has 14 heavy (non-hydrogen) atoms. The standard InChI is InChI=1S/C12H26N2/c1-11(2)9-14(4)10-12(3)5-7-13-8-6-12/h11,13H,5-10H2,1-4H3. The second-order valence-electron chi connectivity index (χ2n) is 5.65. The van der Waals surface area contributed by atoms with E-state index in [-0.39, 0.29) is 0 Å². The van der Waals surface area contributed by atoms with Crippen molar-refractivity contribution in [3.63, 3.8) is 0 Å². The summed E-state index contributed by atoms with van der Waals surface area (Å²) < 4.78 is 0. The molecule has 1 aliphatic heterocycles. The van der Waals surface area contributed by atoms with Crippen LogP contribution in [0, 0.1) is 11.3 Å². The van der Waals surface area contributed by atoms with Gasteiger partial charge in [-0.15, -0.1) is 0 Å². The first-order chi connectivity index (χ1) is 6.52. The van der Waals surface area contributed by atoms with E-state index < -0.39 is 0 Å². The van der Waals surface area contributed by atoms with Crippen molar-refractivity contribution in [3.05, 3.63) is 0 Å². The molecule has 0 radical (unpaired) electrons. The van der Waals surface area contributed by atoms with Crippen molar-refractivity contribution in [3.8, 4) is 0 Å². The van der Waals surface area contributed by atoms with E-state index in [1.54, 1.807) is 0 Å². The van der Waals surface area contributed by atoms with E-state index in [2.05, 4.69) is 38.0 Å². The predicted molar refractivity (Wildman–Crippen MR) is 62.5 cm³/mol. The summed E-state index contributed by atoms with van der Waals surface area (Å²) in [5.41, 5.74) is 0.550. The molecule has 1 N–H and O–H groups in total. The van der Waals surface area contributed by atoms with Gasteiger partial charge in [0.1, 0.15) is 0 Å². The molecule has 0 aromatic carbocycles. The average molecular weight is 198 g/mol.